The predicted molar refractivity (Wildman–Crippen MR) is 213 cm³/mol. The molecular formula is C46H54N4O. The molecule has 0 spiro atoms. The van der Waals surface area contributed by atoms with Gasteiger partial charge in [-0.15, -0.1) is 0 Å². The monoisotopic (exact) mass is 678 g/mol. The fraction of sp³-hybridized carbons (Fsp3) is 0.391. The number of benzene rings is 3. The molecule has 2 atom stereocenters. The van der Waals surface area contributed by atoms with Gasteiger partial charge in [0.15, 0.2) is 0 Å². The SMILES string of the molecule is CCCc1nn(-c2cc(Oc3ccc4c5ccccc5n(-c5cc(CC)ccn5)c4c3)cc(C(C)(C)C)c2)c(CCC)c1C1C(C)=CCC[C@@H]1C. The van der Waals surface area contributed by atoms with Crippen LogP contribution in [0.15, 0.2) is 90.6 Å². The van der Waals surface area contributed by atoms with E-state index in [-0.39, 0.29) is 5.41 Å². The van der Waals surface area contributed by atoms with Crippen LogP contribution in [-0.2, 0) is 24.7 Å². The average molecular weight is 679 g/mol. The molecule has 264 valence electrons. The summed E-state index contributed by atoms with van der Waals surface area (Å²) in [6.45, 7) is 18.3. The molecule has 3 aromatic heterocycles. The lowest BCUT2D eigenvalue weighted by atomic mass is 9.74. The van der Waals surface area contributed by atoms with Gasteiger partial charge < -0.3 is 4.74 Å². The third-order valence-corrected chi connectivity index (χ3v) is 10.9. The van der Waals surface area contributed by atoms with E-state index in [2.05, 4.69) is 144 Å². The van der Waals surface area contributed by atoms with Crippen molar-refractivity contribution in [3.8, 4) is 23.0 Å². The lowest BCUT2D eigenvalue weighted by Gasteiger charge is -2.30. The number of ether oxygens (including phenoxy) is 1. The van der Waals surface area contributed by atoms with Crippen molar-refractivity contribution in [3.63, 3.8) is 0 Å². The Kier molecular flexibility index (Phi) is 9.67. The number of hydrogen-bond donors (Lipinski definition) is 0. The van der Waals surface area contributed by atoms with Crippen molar-refractivity contribution in [2.24, 2.45) is 5.92 Å². The molecule has 1 aliphatic carbocycles. The smallest absolute Gasteiger partial charge is 0.137 e. The summed E-state index contributed by atoms with van der Waals surface area (Å²) < 4.78 is 11.4. The Morgan fingerprint density at radius 3 is 2.37 bits per heavy atom. The molecular weight excluding hydrogens is 625 g/mol. The topological polar surface area (TPSA) is 44.9 Å². The van der Waals surface area contributed by atoms with Crippen LogP contribution in [0, 0.1) is 5.92 Å². The fourth-order valence-corrected chi connectivity index (χ4v) is 8.21. The molecule has 3 heterocycles. The lowest BCUT2D eigenvalue weighted by molar-refractivity contribution is 0.445. The van der Waals surface area contributed by atoms with Crippen molar-refractivity contribution in [1.29, 1.82) is 0 Å². The van der Waals surface area contributed by atoms with E-state index in [1.165, 1.54) is 57.3 Å². The Hall–Kier alpha value is -4.64. The van der Waals surface area contributed by atoms with Crippen LogP contribution in [0.5, 0.6) is 11.5 Å². The number of hydrogen-bond acceptors (Lipinski definition) is 3. The van der Waals surface area contributed by atoms with E-state index < -0.39 is 0 Å². The number of aromatic nitrogens is 4. The van der Waals surface area contributed by atoms with Gasteiger partial charge in [0.2, 0.25) is 0 Å². The minimum absolute atomic E-state index is 0.0785. The van der Waals surface area contributed by atoms with Gasteiger partial charge in [-0.2, -0.15) is 5.10 Å². The first kappa shape index (κ1) is 34.8. The summed E-state index contributed by atoms with van der Waals surface area (Å²) in [5, 5.41) is 7.84. The molecule has 51 heavy (non-hydrogen) atoms. The zero-order valence-corrected chi connectivity index (χ0v) is 31.9. The summed E-state index contributed by atoms with van der Waals surface area (Å²) in [7, 11) is 0. The Labute approximate surface area is 304 Å². The van der Waals surface area contributed by atoms with E-state index in [4.69, 9.17) is 14.8 Å². The third kappa shape index (κ3) is 6.64. The molecule has 5 heteroatoms. The predicted octanol–water partition coefficient (Wildman–Crippen LogP) is 12.4. The summed E-state index contributed by atoms with van der Waals surface area (Å²) >= 11 is 0. The molecule has 3 aromatic carbocycles. The fourth-order valence-electron chi connectivity index (χ4n) is 8.21. The van der Waals surface area contributed by atoms with Crippen molar-refractivity contribution in [3.05, 3.63) is 119 Å². The maximum Gasteiger partial charge on any atom is 0.137 e. The third-order valence-electron chi connectivity index (χ3n) is 10.9. The van der Waals surface area contributed by atoms with Gasteiger partial charge in [-0.05, 0) is 104 Å². The molecule has 0 amide bonds. The summed E-state index contributed by atoms with van der Waals surface area (Å²) in [5.41, 5.74) is 11.3. The Bertz CT molecular complexity index is 2230. The van der Waals surface area contributed by atoms with Crippen LogP contribution in [0.2, 0.25) is 0 Å². The van der Waals surface area contributed by atoms with Gasteiger partial charge >= 0.3 is 0 Å². The van der Waals surface area contributed by atoms with E-state index in [0.29, 0.717) is 11.8 Å². The molecule has 0 radical (unpaired) electrons. The van der Waals surface area contributed by atoms with E-state index >= 15 is 0 Å². The zero-order chi connectivity index (χ0) is 35.9. The van der Waals surface area contributed by atoms with Crippen molar-refractivity contribution in [1.82, 2.24) is 19.3 Å². The highest BCUT2D eigenvalue weighted by Gasteiger charge is 2.32. The van der Waals surface area contributed by atoms with E-state index in [0.717, 1.165) is 66.1 Å². The Morgan fingerprint density at radius 1 is 0.843 bits per heavy atom. The summed E-state index contributed by atoms with van der Waals surface area (Å²) in [4.78, 5) is 4.82. The standard InChI is InChI=1S/C46H54N4O/c1-9-15-39-45(44-30(4)17-14-18-31(44)5)41(16-10-2)50(48-39)34-26-33(46(6,7)8)27-36(28-34)51-35-21-22-38-37-19-12-13-20-40(37)49(42(38)29-35)43-25-32(11-3)23-24-47-43/h12-13,17,19-29,31,44H,9-11,14-16,18H2,1-8H3/t31-,44?/m0/s1. The number of fused-ring (bicyclic) bond motifs is 3. The minimum atomic E-state index is -0.0785. The van der Waals surface area contributed by atoms with Gasteiger partial charge in [0.05, 0.1) is 22.4 Å². The molecule has 5 nitrogen and oxygen atoms in total. The maximum absolute atomic E-state index is 6.87. The van der Waals surface area contributed by atoms with Crippen LogP contribution in [0.3, 0.4) is 0 Å². The largest absolute Gasteiger partial charge is 0.457 e. The number of pyridine rings is 1. The highest BCUT2D eigenvalue weighted by atomic mass is 16.5. The van der Waals surface area contributed by atoms with E-state index in [1.807, 2.05) is 6.20 Å². The van der Waals surface area contributed by atoms with Crippen LogP contribution in [0.25, 0.3) is 33.3 Å². The zero-order valence-electron chi connectivity index (χ0n) is 31.9. The summed E-state index contributed by atoms with van der Waals surface area (Å²) in [5.74, 6) is 3.57. The average Bonchev–Trinajstić information content (AvgIpc) is 3.63. The Morgan fingerprint density at radius 2 is 1.63 bits per heavy atom. The molecule has 1 unspecified atom stereocenters. The number of rotatable bonds is 10. The van der Waals surface area contributed by atoms with Crippen molar-refractivity contribution >= 4 is 21.8 Å². The first-order chi connectivity index (χ1) is 24.6. The number of nitrogens with zero attached hydrogens (tertiary/aromatic N) is 4. The summed E-state index contributed by atoms with van der Waals surface area (Å²) in [6.07, 6.45) is 11.9. The quantitative estimate of drug-likeness (QED) is 0.135. The molecule has 1 aliphatic rings. The highest BCUT2D eigenvalue weighted by Crippen LogP contribution is 2.43. The maximum atomic E-state index is 6.87. The molecule has 6 aromatic rings. The van der Waals surface area contributed by atoms with Crippen LogP contribution in [0.4, 0.5) is 0 Å². The van der Waals surface area contributed by atoms with Gasteiger partial charge in [-0.3, -0.25) is 4.57 Å². The Balaban J connectivity index is 1.37. The first-order valence-electron chi connectivity index (χ1n) is 19.2. The lowest BCUT2D eigenvalue weighted by Crippen LogP contribution is -2.18. The molecule has 0 bridgehead atoms. The van der Waals surface area contributed by atoms with Gasteiger partial charge in [0, 0.05) is 46.3 Å². The molecule has 0 N–H and O–H groups in total. The van der Waals surface area contributed by atoms with E-state index in [1.54, 1.807) is 0 Å². The van der Waals surface area contributed by atoms with Crippen LogP contribution in [-0.4, -0.2) is 19.3 Å². The van der Waals surface area contributed by atoms with E-state index in [9.17, 15) is 0 Å². The molecule has 0 saturated heterocycles. The number of aryl methyl sites for hydroxylation is 2. The van der Waals surface area contributed by atoms with Crippen LogP contribution >= 0.6 is 0 Å². The first-order valence-corrected chi connectivity index (χ1v) is 19.2. The number of allylic oxidation sites excluding steroid dienone is 2. The van der Waals surface area contributed by atoms with Gasteiger partial charge in [-0.1, -0.05) is 91.2 Å². The van der Waals surface area contributed by atoms with Crippen molar-refractivity contribution in [2.75, 3.05) is 0 Å². The van der Waals surface area contributed by atoms with Crippen LogP contribution in [0.1, 0.15) is 115 Å². The molecule has 7 rings (SSSR count). The van der Waals surface area contributed by atoms with Gasteiger partial charge in [0.25, 0.3) is 0 Å². The second-order valence-electron chi connectivity index (χ2n) is 15.7. The second kappa shape index (κ2) is 14.2. The molecule has 0 saturated carbocycles. The minimum Gasteiger partial charge on any atom is -0.457 e. The molecule has 0 aliphatic heterocycles. The second-order valence-corrected chi connectivity index (χ2v) is 15.7. The van der Waals surface area contributed by atoms with Gasteiger partial charge in [0.1, 0.15) is 17.3 Å². The normalized spacial score (nSPS) is 16.6. The van der Waals surface area contributed by atoms with Crippen LogP contribution < -0.4 is 4.74 Å². The summed E-state index contributed by atoms with van der Waals surface area (Å²) in [6, 6.07) is 26.1. The van der Waals surface area contributed by atoms with Crippen molar-refractivity contribution < 1.29 is 4.74 Å². The van der Waals surface area contributed by atoms with Crippen molar-refractivity contribution in [2.45, 2.75) is 112 Å². The van der Waals surface area contributed by atoms with Gasteiger partial charge in [-0.25, -0.2) is 9.67 Å². The highest BCUT2D eigenvalue weighted by molar-refractivity contribution is 6.09. The number of para-hydroxylation sites is 1. The molecule has 0 fully saturated rings.